The molecule has 0 unspecified atom stereocenters. The molecule has 11 rings (SSSR count). The standard InChI is InChI=1S/C58H39N3S/c1-6-17-40(18-7-1)41-29-34-48(35-30-41)58(46-23-12-4-13-24-46,47-25-14-5-15-26-47)49-36-31-42(32-37-49)45-33-38-52-51(39-45)54-50(27-16-28-53(54)62-52)57-60-55(43-19-8-2-9-20-43)59-56(61-57)44-21-10-3-11-22-44/h1-39H. The Hall–Kier alpha value is -7.79. The fourth-order valence-electron chi connectivity index (χ4n) is 8.95. The van der Waals surface area contributed by atoms with E-state index < -0.39 is 5.41 Å². The highest BCUT2D eigenvalue weighted by molar-refractivity contribution is 7.26. The van der Waals surface area contributed by atoms with Gasteiger partial charge in [0.25, 0.3) is 0 Å². The van der Waals surface area contributed by atoms with Crippen molar-refractivity contribution in [3.8, 4) is 56.4 Å². The van der Waals surface area contributed by atoms with Crippen LogP contribution in [0.5, 0.6) is 0 Å². The Morgan fingerprint density at radius 1 is 0.290 bits per heavy atom. The summed E-state index contributed by atoms with van der Waals surface area (Å²) in [4.78, 5) is 15.2. The van der Waals surface area contributed by atoms with E-state index in [2.05, 4.69) is 200 Å². The van der Waals surface area contributed by atoms with Gasteiger partial charge in [-0.2, -0.15) is 0 Å². The number of aromatic nitrogens is 3. The van der Waals surface area contributed by atoms with Gasteiger partial charge in [-0.05, 0) is 62.7 Å². The lowest BCUT2D eigenvalue weighted by Gasteiger charge is -2.37. The summed E-state index contributed by atoms with van der Waals surface area (Å²) in [5.41, 5.74) is 11.9. The number of hydrogen-bond donors (Lipinski definition) is 0. The number of fused-ring (bicyclic) bond motifs is 3. The van der Waals surface area contributed by atoms with Crippen LogP contribution in [0.2, 0.25) is 0 Å². The van der Waals surface area contributed by atoms with Gasteiger partial charge in [-0.15, -0.1) is 11.3 Å². The topological polar surface area (TPSA) is 38.7 Å². The Labute approximate surface area is 365 Å². The van der Waals surface area contributed by atoms with Gasteiger partial charge in [-0.1, -0.05) is 218 Å². The molecule has 0 amide bonds. The third kappa shape index (κ3) is 6.68. The van der Waals surface area contributed by atoms with Gasteiger partial charge in [-0.25, -0.2) is 15.0 Å². The quantitative estimate of drug-likeness (QED) is 0.136. The molecule has 11 aromatic rings. The van der Waals surface area contributed by atoms with E-state index in [1.165, 1.54) is 48.2 Å². The van der Waals surface area contributed by atoms with Gasteiger partial charge in [0.1, 0.15) is 0 Å². The fourth-order valence-corrected chi connectivity index (χ4v) is 10.1. The Kier molecular flexibility index (Phi) is 9.61. The lowest BCUT2D eigenvalue weighted by molar-refractivity contribution is 0.745. The minimum Gasteiger partial charge on any atom is -0.208 e. The van der Waals surface area contributed by atoms with Crippen LogP contribution in [0.25, 0.3) is 76.6 Å². The Balaban J connectivity index is 1.04. The summed E-state index contributed by atoms with van der Waals surface area (Å²) in [6.07, 6.45) is 0. The second-order valence-electron chi connectivity index (χ2n) is 15.5. The first-order valence-corrected chi connectivity index (χ1v) is 21.7. The molecule has 292 valence electrons. The van der Waals surface area contributed by atoms with Gasteiger partial charge in [-0.3, -0.25) is 0 Å². The largest absolute Gasteiger partial charge is 0.208 e. The van der Waals surface area contributed by atoms with Crippen LogP contribution in [0.3, 0.4) is 0 Å². The van der Waals surface area contributed by atoms with Crippen LogP contribution in [0.15, 0.2) is 237 Å². The van der Waals surface area contributed by atoms with E-state index in [-0.39, 0.29) is 0 Å². The van der Waals surface area contributed by atoms with Crippen LogP contribution < -0.4 is 0 Å². The lowest BCUT2D eigenvalue weighted by atomic mass is 9.65. The first-order valence-electron chi connectivity index (χ1n) is 20.9. The van der Waals surface area contributed by atoms with Crippen LogP contribution in [-0.2, 0) is 5.41 Å². The van der Waals surface area contributed by atoms with Crippen molar-refractivity contribution in [2.75, 3.05) is 0 Å². The van der Waals surface area contributed by atoms with E-state index in [1.807, 2.05) is 36.4 Å². The number of rotatable bonds is 9. The summed E-state index contributed by atoms with van der Waals surface area (Å²) >= 11 is 1.80. The van der Waals surface area contributed by atoms with E-state index in [9.17, 15) is 0 Å². The fraction of sp³-hybridized carbons (Fsp3) is 0.0172. The molecule has 0 fully saturated rings. The van der Waals surface area contributed by atoms with Crippen LogP contribution in [-0.4, -0.2) is 15.0 Å². The molecule has 0 bridgehead atoms. The number of thiophene rings is 1. The highest BCUT2D eigenvalue weighted by Gasteiger charge is 2.38. The highest BCUT2D eigenvalue weighted by Crippen LogP contribution is 2.47. The summed E-state index contributed by atoms with van der Waals surface area (Å²) in [6, 6.07) is 84.4. The van der Waals surface area contributed by atoms with E-state index in [0.29, 0.717) is 17.5 Å². The van der Waals surface area contributed by atoms with Gasteiger partial charge >= 0.3 is 0 Å². The van der Waals surface area contributed by atoms with Gasteiger partial charge in [0.2, 0.25) is 0 Å². The lowest BCUT2D eigenvalue weighted by Crippen LogP contribution is -2.31. The van der Waals surface area contributed by atoms with Gasteiger partial charge in [0.15, 0.2) is 17.5 Å². The van der Waals surface area contributed by atoms with E-state index in [1.54, 1.807) is 11.3 Å². The molecule has 62 heavy (non-hydrogen) atoms. The molecule has 2 heterocycles. The molecule has 0 aliphatic rings. The van der Waals surface area contributed by atoms with Gasteiger partial charge in [0.05, 0.1) is 5.41 Å². The SMILES string of the molecule is c1ccc(-c2ccc(C(c3ccccc3)(c3ccccc3)c3ccc(-c4ccc5sc6cccc(-c7nc(-c8ccccc8)nc(-c8ccccc8)n7)c6c5c4)cc3)cc2)cc1. The molecule has 9 aromatic carbocycles. The average Bonchev–Trinajstić information content (AvgIpc) is 3.74. The Bertz CT molecular complexity index is 3200. The minimum absolute atomic E-state index is 0.555. The monoisotopic (exact) mass is 809 g/mol. The third-order valence-electron chi connectivity index (χ3n) is 11.9. The predicted molar refractivity (Wildman–Crippen MR) is 258 cm³/mol. The number of hydrogen-bond acceptors (Lipinski definition) is 4. The predicted octanol–water partition coefficient (Wildman–Crippen LogP) is 15.0. The Morgan fingerprint density at radius 3 is 1.21 bits per heavy atom. The van der Waals surface area contributed by atoms with Crippen molar-refractivity contribution in [3.63, 3.8) is 0 Å². The zero-order valence-electron chi connectivity index (χ0n) is 33.8. The van der Waals surface area contributed by atoms with Crippen LogP contribution in [0.4, 0.5) is 0 Å². The maximum atomic E-state index is 5.13. The summed E-state index contributed by atoms with van der Waals surface area (Å²) in [5.74, 6) is 1.97. The van der Waals surface area contributed by atoms with Crippen molar-refractivity contribution in [2.24, 2.45) is 0 Å². The van der Waals surface area contributed by atoms with Crippen LogP contribution in [0, 0.1) is 0 Å². The average molecular weight is 810 g/mol. The van der Waals surface area contributed by atoms with Crippen LogP contribution in [0.1, 0.15) is 22.3 Å². The molecule has 0 radical (unpaired) electrons. The molecule has 0 saturated heterocycles. The van der Waals surface area contributed by atoms with E-state index in [0.717, 1.165) is 33.2 Å². The second kappa shape index (κ2) is 16.0. The Morgan fingerprint density at radius 2 is 0.694 bits per heavy atom. The molecule has 0 atom stereocenters. The molecule has 0 aliphatic carbocycles. The normalized spacial score (nSPS) is 11.5. The number of benzene rings is 9. The first-order chi connectivity index (χ1) is 30.7. The smallest absolute Gasteiger partial charge is 0.164 e. The third-order valence-corrected chi connectivity index (χ3v) is 13.1. The maximum Gasteiger partial charge on any atom is 0.164 e. The molecular formula is C58H39N3S. The van der Waals surface area contributed by atoms with Crippen molar-refractivity contribution in [3.05, 3.63) is 259 Å². The van der Waals surface area contributed by atoms with Gasteiger partial charge in [0, 0.05) is 36.9 Å². The van der Waals surface area contributed by atoms with Crippen LogP contribution >= 0.6 is 11.3 Å². The molecule has 3 nitrogen and oxygen atoms in total. The minimum atomic E-state index is -0.555. The summed E-state index contributed by atoms with van der Waals surface area (Å²) in [7, 11) is 0. The molecule has 4 heteroatoms. The second-order valence-corrected chi connectivity index (χ2v) is 16.6. The van der Waals surface area contributed by atoms with Crippen molar-refractivity contribution in [1.82, 2.24) is 15.0 Å². The zero-order valence-corrected chi connectivity index (χ0v) is 34.6. The molecule has 0 spiro atoms. The highest BCUT2D eigenvalue weighted by atomic mass is 32.1. The maximum absolute atomic E-state index is 5.13. The zero-order chi connectivity index (χ0) is 41.3. The summed E-state index contributed by atoms with van der Waals surface area (Å²) in [5, 5.41) is 2.34. The van der Waals surface area contributed by atoms with E-state index >= 15 is 0 Å². The molecule has 0 saturated carbocycles. The van der Waals surface area contributed by atoms with Crippen molar-refractivity contribution in [1.29, 1.82) is 0 Å². The van der Waals surface area contributed by atoms with E-state index in [4.69, 9.17) is 15.0 Å². The molecule has 0 aliphatic heterocycles. The summed E-state index contributed by atoms with van der Waals surface area (Å²) < 4.78 is 2.42. The first kappa shape index (κ1) is 37.2. The van der Waals surface area contributed by atoms with Crippen molar-refractivity contribution in [2.45, 2.75) is 5.41 Å². The number of nitrogens with zero attached hydrogens (tertiary/aromatic N) is 3. The van der Waals surface area contributed by atoms with Gasteiger partial charge < -0.3 is 0 Å². The van der Waals surface area contributed by atoms with Crippen molar-refractivity contribution >= 4 is 31.5 Å². The molecule has 2 aromatic heterocycles. The molecular weight excluding hydrogens is 771 g/mol. The van der Waals surface area contributed by atoms with Crippen molar-refractivity contribution < 1.29 is 0 Å². The molecule has 0 N–H and O–H groups in total. The summed E-state index contributed by atoms with van der Waals surface area (Å²) in [6.45, 7) is 0.